The molecular weight excluding hydrogens is 196 g/mol. The smallest absolute Gasteiger partial charge is 0.157 e. The summed E-state index contributed by atoms with van der Waals surface area (Å²) < 4.78 is 9.77. The van der Waals surface area contributed by atoms with Gasteiger partial charge in [-0.2, -0.15) is 0 Å². The predicted molar refractivity (Wildman–Crippen MR) is 57.9 cm³/mol. The molecule has 15 heavy (non-hydrogen) atoms. The first-order valence-corrected chi connectivity index (χ1v) is 4.63. The number of benzene rings is 1. The lowest BCUT2D eigenvalue weighted by atomic mass is 10.2. The van der Waals surface area contributed by atoms with Crippen LogP contribution in [0.3, 0.4) is 0 Å². The Hall–Kier alpha value is -1.71. The van der Waals surface area contributed by atoms with Gasteiger partial charge in [0.1, 0.15) is 17.2 Å². The van der Waals surface area contributed by atoms with Gasteiger partial charge in [-0.3, -0.25) is 4.79 Å². The highest BCUT2D eigenvalue weighted by Crippen LogP contribution is 2.31. The van der Waals surface area contributed by atoms with Crippen molar-refractivity contribution in [3.63, 3.8) is 0 Å². The van der Waals surface area contributed by atoms with Crippen molar-refractivity contribution in [2.24, 2.45) is 0 Å². The second kappa shape index (κ2) is 6.70. The molecule has 0 saturated heterocycles. The predicted octanol–water partition coefficient (Wildman–Crippen LogP) is 2.25. The van der Waals surface area contributed by atoms with Gasteiger partial charge in [0.25, 0.3) is 0 Å². The molecule has 0 unspecified atom stereocenters. The molecule has 0 aliphatic heterocycles. The zero-order valence-electron chi connectivity index (χ0n) is 9.40. The van der Waals surface area contributed by atoms with Crippen LogP contribution in [0.25, 0.3) is 0 Å². The van der Waals surface area contributed by atoms with Crippen molar-refractivity contribution in [2.45, 2.75) is 13.8 Å². The minimum atomic E-state index is -0.147. The molecule has 0 spiro atoms. The maximum absolute atomic E-state index is 10.5. The number of aromatic hydroxyl groups is 1. The first kappa shape index (κ1) is 13.3. The zero-order chi connectivity index (χ0) is 11.8. The summed E-state index contributed by atoms with van der Waals surface area (Å²) >= 11 is 0. The van der Waals surface area contributed by atoms with E-state index in [2.05, 4.69) is 0 Å². The van der Waals surface area contributed by atoms with Gasteiger partial charge < -0.3 is 14.6 Å². The van der Waals surface area contributed by atoms with Gasteiger partial charge in [-0.1, -0.05) is 13.8 Å². The van der Waals surface area contributed by atoms with Gasteiger partial charge in [0.15, 0.2) is 6.29 Å². The van der Waals surface area contributed by atoms with Gasteiger partial charge in [-0.25, -0.2) is 0 Å². The number of carbonyl (C=O) groups is 1. The van der Waals surface area contributed by atoms with Gasteiger partial charge in [-0.15, -0.1) is 0 Å². The SMILES string of the molecule is CC.COc1cc(O)c(C=O)c(OC)c1. The van der Waals surface area contributed by atoms with Gasteiger partial charge in [0.05, 0.1) is 19.8 Å². The van der Waals surface area contributed by atoms with Crippen LogP contribution in [-0.4, -0.2) is 25.6 Å². The Morgan fingerprint density at radius 2 is 1.80 bits per heavy atom. The number of ether oxygens (including phenoxy) is 2. The first-order valence-electron chi connectivity index (χ1n) is 4.63. The van der Waals surface area contributed by atoms with Gasteiger partial charge in [0, 0.05) is 12.1 Å². The monoisotopic (exact) mass is 212 g/mol. The summed E-state index contributed by atoms with van der Waals surface area (Å²) in [7, 11) is 2.88. The number of aldehydes is 1. The molecule has 0 atom stereocenters. The number of carbonyl (C=O) groups excluding carboxylic acids is 1. The number of rotatable bonds is 3. The maximum Gasteiger partial charge on any atom is 0.157 e. The molecule has 0 saturated carbocycles. The van der Waals surface area contributed by atoms with Gasteiger partial charge in [0.2, 0.25) is 0 Å². The summed E-state index contributed by atoms with van der Waals surface area (Å²) in [6.45, 7) is 4.00. The molecule has 0 heterocycles. The van der Waals surface area contributed by atoms with E-state index in [0.717, 1.165) is 0 Å². The van der Waals surface area contributed by atoms with E-state index in [1.807, 2.05) is 13.8 Å². The van der Waals surface area contributed by atoms with E-state index in [1.54, 1.807) is 0 Å². The molecule has 0 bridgehead atoms. The topological polar surface area (TPSA) is 55.8 Å². The highest BCUT2D eigenvalue weighted by Gasteiger charge is 2.09. The molecule has 0 aliphatic rings. The van der Waals surface area contributed by atoms with Crippen LogP contribution in [-0.2, 0) is 0 Å². The molecule has 0 aliphatic carbocycles. The average Bonchev–Trinajstić information content (AvgIpc) is 2.30. The minimum Gasteiger partial charge on any atom is -0.507 e. The van der Waals surface area contributed by atoms with Crippen LogP contribution >= 0.6 is 0 Å². The lowest BCUT2D eigenvalue weighted by Gasteiger charge is -2.07. The fourth-order valence-corrected chi connectivity index (χ4v) is 0.993. The zero-order valence-corrected chi connectivity index (χ0v) is 9.40. The molecule has 1 N–H and O–H groups in total. The van der Waals surface area contributed by atoms with Crippen LogP contribution in [0.1, 0.15) is 24.2 Å². The third-order valence-electron chi connectivity index (χ3n) is 1.67. The van der Waals surface area contributed by atoms with Crippen LogP contribution < -0.4 is 9.47 Å². The molecule has 4 heteroatoms. The Kier molecular flexibility index (Phi) is 5.94. The average molecular weight is 212 g/mol. The van der Waals surface area contributed by atoms with Crippen molar-refractivity contribution in [3.05, 3.63) is 17.7 Å². The maximum atomic E-state index is 10.5. The van der Waals surface area contributed by atoms with Crippen LogP contribution in [0.5, 0.6) is 17.2 Å². The number of hydrogen-bond acceptors (Lipinski definition) is 4. The number of hydrogen-bond donors (Lipinski definition) is 1. The van der Waals surface area contributed by atoms with Crippen LogP contribution in [0.15, 0.2) is 12.1 Å². The van der Waals surface area contributed by atoms with Crippen molar-refractivity contribution in [3.8, 4) is 17.2 Å². The molecule has 4 nitrogen and oxygen atoms in total. The summed E-state index contributed by atoms with van der Waals surface area (Å²) in [5.41, 5.74) is 0.128. The Labute approximate surface area is 89.4 Å². The minimum absolute atomic E-state index is 0.128. The molecule has 1 aromatic rings. The lowest BCUT2D eigenvalue weighted by Crippen LogP contribution is -1.92. The van der Waals surface area contributed by atoms with E-state index in [1.165, 1.54) is 26.4 Å². The highest BCUT2D eigenvalue weighted by molar-refractivity contribution is 5.84. The number of phenolic OH excluding ortho intramolecular Hbond substituents is 1. The first-order chi connectivity index (χ1) is 7.22. The summed E-state index contributed by atoms with van der Waals surface area (Å²) in [4.78, 5) is 10.5. The van der Waals surface area contributed by atoms with Crippen molar-refractivity contribution in [1.29, 1.82) is 0 Å². The Morgan fingerprint density at radius 3 is 2.20 bits per heavy atom. The van der Waals surface area contributed by atoms with Crippen molar-refractivity contribution < 1.29 is 19.4 Å². The van der Waals surface area contributed by atoms with E-state index >= 15 is 0 Å². The normalized spacial score (nSPS) is 8.53. The van der Waals surface area contributed by atoms with Crippen molar-refractivity contribution >= 4 is 6.29 Å². The van der Waals surface area contributed by atoms with Gasteiger partial charge >= 0.3 is 0 Å². The quantitative estimate of drug-likeness (QED) is 0.781. The summed E-state index contributed by atoms with van der Waals surface area (Å²) in [5.74, 6) is 0.595. The Bertz CT molecular complexity index is 321. The molecule has 0 aromatic heterocycles. The van der Waals surface area contributed by atoms with Crippen LogP contribution in [0.4, 0.5) is 0 Å². The van der Waals surface area contributed by atoms with E-state index in [-0.39, 0.29) is 11.3 Å². The van der Waals surface area contributed by atoms with E-state index in [9.17, 15) is 9.90 Å². The fourth-order valence-electron chi connectivity index (χ4n) is 0.993. The lowest BCUT2D eigenvalue weighted by molar-refractivity contribution is 0.111. The Balaban J connectivity index is 0.000000921. The molecule has 0 fully saturated rings. The standard InChI is InChI=1S/C9H10O4.C2H6/c1-12-6-3-8(11)7(5-10)9(4-6)13-2;1-2/h3-5,11H,1-2H3;1-2H3. The number of phenols is 1. The molecule has 84 valence electrons. The third-order valence-corrected chi connectivity index (χ3v) is 1.67. The van der Waals surface area contributed by atoms with E-state index in [0.29, 0.717) is 17.8 Å². The molecule has 1 rings (SSSR count). The summed E-state index contributed by atoms with van der Waals surface area (Å²) in [6.07, 6.45) is 0.535. The summed E-state index contributed by atoms with van der Waals surface area (Å²) in [5, 5.41) is 9.34. The summed E-state index contributed by atoms with van der Waals surface area (Å²) in [6, 6.07) is 2.88. The second-order valence-electron chi connectivity index (χ2n) is 2.38. The molecule has 0 amide bonds. The van der Waals surface area contributed by atoms with Crippen molar-refractivity contribution in [1.82, 2.24) is 0 Å². The Morgan fingerprint density at radius 1 is 1.20 bits per heavy atom. The van der Waals surface area contributed by atoms with Crippen molar-refractivity contribution in [2.75, 3.05) is 14.2 Å². The van der Waals surface area contributed by atoms with E-state index in [4.69, 9.17) is 9.47 Å². The van der Waals surface area contributed by atoms with Crippen LogP contribution in [0, 0.1) is 0 Å². The molecular formula is C11H16O4. The second-order valence-corrected chi connectivity index (χ2v) is 2.38. The molecule has 1 aromatic carbocycles. The largest absolute Gasteiger partial charge is 0.507 e. The van der Waals surface area contributed by atoms with Crippen LogP contribution in [0.2, 0.25) is 0 Å². The highest BCUT2D eigenvalue weighted by atomic mass is 16.5. The van der Waals surface area contributed by atoms with E-state index < -0.39 is 0 Å². The fraction of sp³-hybridized carbons (Fsp3) is 0.364. The number of methoxy groups -OCH3 is 2. The molecule has 0 radical (unpaired) electrons. The van der Waals surface area contributed by atoms with Gasteiger partial charge in [-0.05, 0) is 0 Å². The third kappa shape index (κ3) is 3.16.